The summed E-state index contributed by atoms with van der Waals surface area (Å²) in [5, 5.41) is 0. The van der Waals surface area contributed by atoms with Gasteiger partial charge in [0.2, 0.25) is 0 Å². The SMILES string of the molecule is CCCCCCOC1CCC(OC(=O)c2ccc(C=CC(=O)OCCc3cc(N)cc(N)c3)cc2)CC1. The topological polar surface area (TPSA) is 114 Å². The monoisotopic (exact) mass is 508 g/mol. The van der Waals surface area contributed by atoms with Gasteiger partial charge in [-0.15, -0.1) is 0 Å². The van der Waals surface area contributed by atoms with Gasteiger partial charge in [0.1, 0.15) is 6.10 Å². The lowest BCUT2D eigenvalue weighted by atomic mass is 9.95. The number of unbranched alkanes of at least 4 members (excludes halogenated alkanes) is 3. The smallest absolute Gasteiger partial charge is 0.338 e. The number of ether oxygens (including phenoxy) is 3. The molecule has 3 rings (SSSR count). The van der Waals surface area contributed by atoms with Crippen LogP contribution in [0.2, 0.25) is 0 Å². The fourth-order valence-electron chi connectivity index (χ4n) is 4.42. The molecule has 0 saturated heterocycles. The third-order valence-electron chi connectivity index (χ3n) is 6.48. The number of carbonyl (C=O) groups is 2. The van der Waals surface area contributed by atoms with Crippen LogP contribution >= 0.6 is 0 Å². The molecule has 37 heavy (non-hydrogen) atoms. The molecule has 1 aliphatic carbocycles. The summed E-state index contributed by atoms with van der Waals surface area (Å²) in [5.41, 5.74) is 14.9. The maximum atomic E-state index is 12.6. The molecule has 0 unspecified atom stereocenters. The highest BCUT2D eigenvalue weighted by molar-refractivity contribution is 5.90. The molecule has 7 nitrogen and oxygen atoms in total. The van der Waals surface area contributed by atoms with Gasteiger partial charge in [0.05, 0.1) is 18.3 Å². The van der Waals surface area contributed by atoms with Crippen LogP contribution in [0.15, 0.2) is 48.5 Å². The standard InChI is InChI=1S/C30H40N2O5/c1-2-3-4-5-17-35-27-11-13-28(14-12-27)37-30(34)24-9-6-22(7-10-24)8-15-29(33)36-18-16-23-19-25(31)21-26(32)20-23/h6-10,15,19-21,27-28H,2-5,11-14,16-18,31-32H2,1H3. The summed E-state index contributed by atoms with van der Waals surface area (Å²) in [7, 11) is 0. The van der Waals surface area contributed by atoms with Crippen LogP contribution in [0.4, 0.5) is 11.4 Å². The average molecular weight is 509 g/mol. The van der Waals surface area contributed by atoms with Crippen molar-refractivity contribution in [2.24, 2.45) is 0 Å². The van der Waals surface area contributed by atoms with Gasteiger partial charge in [0, 0.05) is 30.5 Å². The molecule has 0 bridgehead atoms. The van der Waals surface area contributed by atoms with Gasteiger partial charge < -0.3 is 25.7 Å². The zero-order valence-electron chi connectivity index (χ0n) is 21.8. The number of hydrogen-bond donors (Lipinski definition) is 2. The molecule has 0 aliphatic heterocycles. The van der Waals surface area contributed by atoms with E-state index in [1.807, 2.05) is 12.1 Å². The number of carbonyl (C=O) groups excluding carboxylic acids is 2. The minimum Gasteiger partial charge on any atom is -0.462 e. The number of benzene rings is 2. The Balaban J connectivity index is 1.35. The van der Waals surface area contributed by atoms with Crippen LogP contribution in [-0.2, 0) is 25.4 Å². The van der Waals surface area contributed by atoms with Crippen molar-refractivity contribution >= 4 is 29.4 Å². The van der Waals surface area contributed by atoms with E-state index in [-0.39, 0.29) is 24.8 Å². The first-order chi connectivity index (χ1) is 17.9. The van der Waals surface area contributed by atoms with Gasteiger partial charge in [-0.1, -0.05) is 38.3 Å². The number of anilines is 2. The Morgan fingerprint density at radius 1 is 0.892 bits per heavy atom. The molecule has 0 atom stereocenters. The molecule has 0 spiro atoms. The molecule has 0 heterocycles. The zero-order valence-corrected chi connectivity index (χ0v) is 21.8. The summed E-state index contributed by atoms with van der Waals surface area (Å²) in [4.78, 5) is 24.6. The van der Waals surface area contributed by atoms with E-state index in [9.17, 15) is 9.59 Å². The van der Waals surface area contributed by atoms with Gasteiger partial charge in [0.25, 0.3) is 0 Å². The molecule has 1 aliphatic rings. The number of esters is 2. The molecule has 0 aromatic heterocycles. The first-order valence-corrected chi connectivity index (χ1v) is 13.4. The summed E-state index contributed by atoms with van der Waals surface area (Å²) in [6.07, 6.45) is 12.1. The van der Waals surface area contributed by atoms with Crippen LogP contribution < -0.4 is 11.5 Å². The summed E-state index contributed by atoms with van der Waals surface area (Å²) in [6.45, 7) is 3.26. The van der Waals surface area contributed by atoms with Gasteiger partial charge in [-0.2, -0.15) is 0 Å². The molecule has 1 saturated carbocycles. The van der Waals surface area contributed by atoms with E-state index in [0.717, 1.165) is 49.8 Å². The number of hydrogen-bond acceptors (Lipinski definition) is 7. The lowest BCUT2D eigenvalue weighted by Crippen LogP contribution is -2.28. The Labute approximate surface area is 220 Å². The van der Waals surface area contributed by atoms with Crippen molar-refractivity contribution in [1.29, 1.82) is 0 Å². The van der Waals surface area contributed by atoms with Crippen molar-refractivity contribution in [3.8, 4) is 0 Å². The van der Waals surface area contributed by atoms with Crippen LogP contribution in [0.25, 0.3) is 6.08 Å². The normalized spacial score (nSPS) is 17.5. The molecule has 0 radical (unpaired) electrons. The van der Waals surface area contributed by atoms with Crippen LogP contribution in [-0.4, -0.2) is 37.4 Å². The largest absolute Gasteiger partial charge is 0.462 e. The molecule has 200 valence electrons. The van der Waals surface area contributed by atoms with Crippen LogP contribution in [0.5, 0.6) is 0 Å². The van der Waals surface area contributed by atoms with Crippen molar-refractivity contribution in [3.63, 3.8) is 0 Å². The maximum absolute atomic E-state index is 12.6. The number of nitrogen functional groups attached to an aromatic ring is 2. The molecular weight excluding hydrogens is 468 g/mol. The van der Waals surface area contributed by atoms with E-state index >= 15 is 0 Å². The van der Waals surface area contributed by atoms with Crippen LogP contribution in [0, 0.1) is 0 Å². The van der Waals surface area contributed by atoms with Gasteiger partial charge in [-0.25, -0.2) is 9.59 Å². The highest BCUT2D eigenvalue weighted by Crippen LogP contribution is 2.25. The van der Waals surface area contributed by atoms with E-state index in [0.29, 0.717) is 23.4 Å². The quantitative estimate of drug-likeness (QED) is 0.154. The Morgan fingerprint density at radius 2 is 1.57 bits per heavy atom. The fraction of sp³-hybridized carbons (Fsp3) is 0.467. The molecule has 1 fully saturated rings. The predicted molar refractivity (Wildman–Crippen MR) is 147 cm³/mol. The number of rotatable bonds is 13. The second-order valence-corrected chi connectivity index (χ2v) is 9.62. The third-order valence-corrected chi connectivity index (χ3v) is 6.48. The Kier molecular flexibility index (Phi) is 11.5. The summed E-state index contributed by atoms with van der Waals surface area (Å²) < 4.78 is 16.9. The van der Waals surface area contributed by atoms with Gasteiger partial charge >= 0.3 is 11.9 Å². The predicted octanol–water partition coefficient (Wildman–Crippen LogP) is 5.72. The molecule has 0 amide bonds. The second kappa shape index (κ2) is 15.1. The minimum atomic E-state index is -0.444. The van der Waals surface area contributed by atoms with E-state index < -0.39 is 5.97 Å². The summed E-state index contributed by atoms with van der Waals surface area (Å²) in [5.74, 6) is -0.762. The van der Waals surface area contributed by atoms with E-state index in [2.05, 4.69) is 6.92 Å². The molecule has 2 aromatic carbocycles. The first kappa shape index (κ1) is 28.3. The lowest BCUT2D eigenvalue weighted by molar-refractivity contribution is -0.137. The number of nitrogens with two attached hydrogens (primary N) is 2. The zero-order chi connectivity index (χ0) is 26.5. The summed E-state index contributed by atoms with van der Waals surface area (Å²) >= 11 is 0. The second-order valence-electron chi connectivity index (χ2n) is 9.62. The minimum absolute atomic E-state index is 0.0643. The van der Waals surface area contributed by atoms with Gasteiger partial charge in [-0.05, 0) is 79.6 Å². The molecule has 4 N–H and O–H groups in total. The van der Waals surface area contributed by atoms with Crippen molar-refractivity contribution in [1.82, 2.24) is 0 Å². The van der Waals surface area contributed by atoms with E-state index in [1.54, 1.807) is 36.4 Å². The Bertz CT molecular complexity index is 1010. The summed E-state index contributed by atoms with van der Waals surface area (Å²) in [6, 6.07) is 12.3. The molecule has 7 heteroatoms. The van der Waals surface area contributed by atoms with Crippen molar-refractivity contribution in [2.45, 2.75) is 76.9 Å². The van der Waals surface area contributed by atoms with Gasteiger partial charge in [0.15, 0.2) is 0 Å². The average Bonchev–Trinajstić information content (AvgIpc) is 2.88. The van der Waals surface area contributed by atoms with Crippen LogP contribution in [0.1, 0.15) is 79.8 Å². The Morgan fingerprint density at radius 3 is 2.24 bits per heavy atom. The van der Waals surface area contributed by atoms with Crippen molar-refractivity contribution in [3.05, 3.63) is 65.2 Å². The van der Waals surface area contributed by atoms with Gasteiger partial charge in [-0.3, -0.25) is 0 Å². The maximum Gasteiger partial charge on any atom is 0.338 e. The van der Waals surface area contributed by atoms with E-state index in [4.69, 9.17) is 25.7 Å². The van der Waals surface area contributed by atoms with Crippen molar-refractivity contribution < 1.29 is 23.8 Å². The highest BCUT2D eigenvalue weighted by Gasteiger charge is 2.24. The first-order valence-electron chi connectivity index (χ1n) is 13.4. The van der Waals surface area contributed by atoms with Crippen molar-refractivity contribution in [2.75, 3.05) is 24.7 Å². The fourth-order valence-corrected chi connectivity index (χ4v) is 4.42. The molecular formula is C30H40N2O5. The highest BCUT2D eigenvalue weighted by atomic mass is 16.5. The Hall–Kier alpha value is -3.32. The van der Waals surface area contributed by atoms with E-state index in [1.165, 1.54) is 25.3 Å². The van der Waals surface area contributed by atoms with Crippen LogP contribution in [0.3, 0.4) is 0 Å². The molecule has 2 aromatic rings. The lowest BCUT2D eigenvalue weighted by Gasteiger charge is -2.28. The third kappa shape index (κ3) is 10.3.